The number of carbonyl (C=O) groups is 1. The number of imidazole rings is 1. The zero-order valence-electron chi connectivity index (χ0n) is 13.4. The van der Waals surface area contributed by atoms with E-state index in [1.807, 2.05) is 47.0 Å². The van der Waals surface area contributed by atoms with Crippen LogP contribution in [-0.4, -0.2) is 45.2 Å². The summed E-state index contributed by atoms with van der Waals surface area (Å²) in [5.41, 5.74) is 1.70. The summed E-state index contributed by atoms with van der Waals surface area (Å²) in [7, 11) is 1.88. The van der Waals surface area contributed by atoms with Gasteiger partial charge in [0.05, 0.1) is 6.33 Å². The minimum absolute atomic E-state index is 0.0645. The molecule has 23 heavy (non-hydrogen) atoms. The SMILES string of the molecule is CN(C(=O)c1ccc(-n2ccnc2)cc1)C1CCC(CO)CC1. The number of amides is 1. The smallest absolute Gasteiger partial charge is 0.253 e. The maximum absolute atomic E-state index is 12.7. The predicted octanol–water partition coefficient (Wildman–Crippen LogP) is 2.50. The fourth-order valence-corrected chi connectivity index (χ4v) is 3.27. The molecule has 1 heterocycles. The quantitative estimate of drug-likeness (QED) is 0.943. The monoisotopic (exact) mass is 313 g/mol. The molecule has 0 aliphatic heterocycles. The molecular weight excluding hydrogens is 290 g/mol. The Bertz CT molecular complexity index is 629. The molecule has 3 rings (SSSR count). The van der Waals surface area contributed by atoms with Crippen molar-refractivity contribution >= 4 is 5.91 Å². The lowest BCUT2D eigenvalue weighted by Gasteiger charge is -2.34. The number of carbonyl (C=O) groups excluding carboxylic acids is 1. The lowest BCUT2D eigenvalue weighted by molar-refractivity contribution is 0.0653. The van der Waals surface area contributed by atoms with E-state index in [-0.39, 0.29) is 18.6 Å². The maximum atomic E-state index is 12.7. The van der Waals surface area contributed by atoms with Crippen molar-refractivity contribution < 1.29 is 9.90 Å². The molecule has 1 N–H and O–H groups in total. The molecule has 122 valence electrons. The minimum Gasteiger partial charge on any atom is -0.396 e. The Balaban J connectivity index is 1.65. The highest BCUT2D eigenvalue weighted by Crippen LogP contribution is 2.27. The van der Waals surface area contributed by atoms with Crippen LogP contribution in [-0.2, 0) is 0 Å². The maximum Gasteiger partial charge on any atom is 0.253 e. The number of rotatable bonds is 4. The van der Waals surface area contributed by atoms with Crippen LogP contribution in [0, 0.1) is 5.92 Å². The molecule has 0 atom stereocenters. The number of aliphatic hydroxyl groups is 1. The zero-order valence-corrected chi connectivity index (χ0v) is 13.4. The molecule has 1 aliphatic rings. The van der Waals surface area contributed by atoms with Crippen LogP contribution in [0.2, 0.25) is 0 Å². The fourth-order valence-electron chi connectivity index (χ4n) is 3.27. The molecule has 1 amide bonds. The number of nitrogens with zero attached hydrogens (tertiary/aromatic N) is 3. The van der Waals surface area contributed by atoms with Crippen molar-refractivity contribution in [3.8, 4) is 5.69 Å². The second-order valence-electron chi connectivity index (χ2n) is 6.29. The topological polar surface area (TPSA) is 58.4 Å². The second-order valence-corrected chi connectivity index (χ2v) is 6.29. The first kappa shape index (κ1) is 15.7. The van der Waals surface area contributed by atoms with Gasteiger partial charge in [-0.3, -0.25) is 4.79 Å². The first-order valence-electron chi connectivity index (χ1n) is 8.15. The van der Waals surface area contributed by atoms with Crippen LogP contribution in [0.25, 0.3) is 5.69 Å². The van der Waals surface area contributed by atoms with E-state index in [9.17, 15) is 9.90 Å². The first-order chi connectivity index (χ1) is 11.2. The van der Waals surface area contributed by atoms with Gasteiger partial charge in [-0.05, 0) is 55.9 Å². The van der Waals surface area contributed by atoms with Gasteiger partial charge in [-0.15, -0.1) is 0 Å². The number of benzene rings is 1. The molecule has 0 spiro atoms. The molecule has 0 bridgehead atoms. The molecule has 1 aliphatic carbocycles. The molecule has 5 heteroatoms. The lowest BCUT2D eigenvalue weighted by atomic mass is 9.86. The minimum atomic E-state index is 0.0645. The molecule has 1 fully saturated rings. The van der Waals surface area contributed by atoms with Crippen molar-refractivity contribution in [3.63, 3.8) is 0 Å². The third-order valence-electron chi connectivity index (χ3n) is 4.86. The van der Waals surface area contributed by atoms with E-state index in [0.717, 1.165) is 31.4 Å². The van der Waals surface area contributed by atoms with Crippen molar-refractivity contribution in [2.75, 3.05) is 13.7 Å². The van der Waals surface area contributed by atoms with Gasteiger partial charge >= 0.3 is 0 Å². The summed E-state index contributed by atoms with van der Waals surface area (Å²) in [4.78, 5) is 18.5. The fraction of sp³-hybridized carbons (Fsp3) is 0.444. The van der Waals surface area contributed by atoms with Crippen molar-refractivity contribution in [2.45, 2.75) is 31.7 Å². The van der Waals surface area contributed by atoms with Crippen molar-refractivity contribution in [1.82, 2.24) is 14.5 Å². The standard InChI is InChI=1S/C18H23N3O2/c1-20(16-6-2-14(12-22)3-7-16)18(23)15-4-8-17(9-5-15)21-11-10-19-13-21/h4-5,8-11,13-14,16,22H,2-3,6-7,12H2,1H3. The Morgan fingerprint density at radius 2 is 1.96 bits per heavy atom. The Kier molecular flexibility index (Phi) is 4.76. The van der Waals surface area contributed by atoms with Crippen molar-refractivity contribution in [2.24, 2.45) is 5.92 Å². The molecule has 1 saturated carbocycles. The summed E-state index contributed by atoms with van der Waals surface area (Å²) in [5.74, 6) is 0.471. The molecular formula is C18H23N3O2. The number of aliphatic hydroxyl groups excluding tert-OH is 1. The van der Waals surface area contributed by atoms with Gasteiger partial charge in [0.15, 0.2) is 0 Å². The van der Waals surface area contributed by atoms with Gasteiger partial charge in [-0.1, -0.05) is 0 Å². The Hall–Kier alpha value is -2.14. The molecule has 1 aromatic heterocycles. The number of hydrogen-bond donors (Lipinski definition) is 1. The van der Waals surface area contributed by atoms with Crippen molar-refractivity contribution in [3.05, 3.63) is 48.5 Å². The molecule has 1 aromatic carbocycles. The molecule has 5 nitrogen and oxygen atoms in total. The van der Waals surface area contributed by atoms with Crippen LogP contribution in [0.4, 0.5) is 0 Å². The van der Waals surface area contributed by atoms with Gasteiger partial charge in [-0.25, -0.2) is 4.98 Å². The van der Waals surface area contributed by atoms with Crippen molar-refractivity contribution in [1.29, 1.82) is 0 Å². The van der Waals surface area contributed by atoms with E-state index in [4.69, 9.17) is 0 Å². The highest BCUT2D eigenvalue weighted by molar-refractivity contribution is 5.94. The number of hydrogen-bond acceptors (Lipinski definition) is 3. The van der Waals surface area contributed by atoms with Gasteiger partial charge in [0, 0.05) is 43.3 Å². The Morgan fingerprint density at radius 1 is 1.26 bits per heavy atom. The van der Waals surface area contributed by atoms with Gasteiger partial charge in [-0.2, -0.15) is 0 Å². The van der Waals surface area contributed by atoms with Crippen LogP contribution in [0.3, 0.4) is 0 Å². The number of aromatic nitrogens is 2. The summed E-state index contributed by atoms with van der Waals surface area (Å²) in [5, 5.41) is 9.22. The first-order valence-corrected chi connectivity index (χ1v) is 8.15. The Morgan fingerprint density at radius 3 is 2.52 bits per heavy atom. The molecule has 0 radical (unpaired) electrons. The highest BCUT2D eigenvalue weighted by Gasteiger charge is 2.26. The summed E-state index contributed by atoms with van der Waals surface area (Å²) in [6, 6.07) is 7.89. The summed E-state index contributed by atoms with van der Waals surface area (Å²) >= 11 is 0. The van der Waals surface area contributed by atoms with Crippen LogP contribution in [0.15, 0.2) is 43.0 Å². The van der Waals surface area contributed by atoms with Crippen LogP contribution in [0.5, 0.6) is 0 Å². The van der Waals surface area contributed by atoms with Gasteiger partial charge in [0.25, 0.3) is 5.91 Å². The molecule has 0 saturated heterocycles. The Labute approximate surface area is 136 Å². The van der Waals surface area contributed by atoms with Crippen LogP contribution >= 0.6 is 0 Å². The summed E-state index contributed by atoms with van der Waals surface area (Å²) in [6.45, 7) is 0.264. The van der Waals surface area contributed by atoms with Gasteiger partial charge < -0.3 is 14.6 Å². The highest BCUT2D eigenvalue weighted by atomic mass is 16.3. The second kappa shape index (κ2) is 6.96. The van der Waals surface area contributed by atoms with E-state index in [2.05, 4.69) is 4.98 Å². The van der Waals surface area contributed by atoms with Gasteiger partial charge in [0.1, 0.15) is 0 Å². The third-order valence-corrected chi connectivity index (χ3v) is 4.86. The van der Waals surface area contributed by atoms with E-state index >= 15 is 0 Å². The van der Waals surface area contributed by atoms with Gasteiger partial charge in [0.2, 0.25) is 0 Å². The zero-order chi connectivity index (χ0) is 16.2. The van der Waals surface area contributed by atoms with E-state index in [1.165, 1.54) is 0 Å². The predicted molar refractivity (Wildman–Crippen MR) is 88.5 cm³/mol. The summed E-state index contributed by atoms with van der Waals surface area (Å²) in [6.07, 6.45) is 9.29. The van der Waals surface area contributed by atoms with Crippen LogP contribution in [0.1, 0.15) is 36.0 Å². The normalized spacial score (nSPS) is 21.1. The average molecular weight is 313 g/mol. The van der Waals surface area contributed by atoms with Crippen LogP contribution < -0.4 is 0 Å². The third kappa shape index (κ3) is 3.45. The molecule has 0 unspecified atom stereocenters. The van der Waals surface area contributed by atoms with E-state index in [0.29, 0.717) is 11.5 Å². The molecule has 2 aromatic rings. The largest absolute Gasteiger partial charge is 0.396 e. The lowest BCUT2D eigenvalue weighted by Crippen LogP contribution is -2.39. The summed E-state index contributed by atoms with van der Waals surface area (Å²) < 4.78 is 1.91. The van der Waals surface area contributed by atoms with E-state index < -0.39 is 0 Å². The van der Waals surface area contributed by atoms with E-state index in [1.54, 1.807) is 12.5 Å². The average Bonchev–Trinajstić information content (AvgIpc) is 3.15.